The molecule has 0 radical (unpaired) electrons. The number of amides is 1. The monoisotopic (exact) mass is 669 g/mol. The van der Waals surface area contributed by atoms with Gasteiger partial charge in [0.2, 0.25) is 11.6 Å². The number of carbonyl (C=O) groups excluding carboxylic acids is 1. The second-order valence-electron chi connectivity index (χ2n) is 12.2. The van der Waals surface area contributed by atoms with Gasteiger partial charge in [-0.25, -0.2) is 8.78 Å². The highest BCUT2D eigenvalue weighted by Crippen LogP contribution is 2.52. The average molecular weight is 671 g/mol. The first-order valence-electron chi connectivity index (χ1n) is 13.7. The van der Waals surface area contributed by atoms with Crippen LogP contribution in [0.1, 0.15) is 70.1 Å². The number of hydrazone groups is 1. The number of hydrogen-bond donors (Lipinski definition) is 1. The Hall–Kier alpha value is -2.42. The van der Waals surface area contributed by atoms with Crippen molar-refractivity contribution >= 4 is 58.2 Å². The maximum absolute atomic E-state index is 15.1. The first-order valence-corrected chi connectivity index (χ1v) is 15.2. The number of nitrogens with two attached hydrogens (primary N) is 1. The Labute approximate surface area is 270 Å². The van der Waals surface area contributed by atoms with Gasteiger partial charge < -0.3 is 10.5 Å². The number of rotatable bonds is 8. The molecule has 3 aromatic carbocycles. The molecule has 0 saturated carbocycles. The van der Waals surface area contributed by atoms with E-state index in [1.807, 2.05) is 40.7 Å². The summed E-state index contributed by atoms with van der Waals surface area (Å²) in [4.78, 5) is 14.9. The van der Waals surface area contributed by atoms with Gasteiger partial charge in [-0.15, -0.1) is 5.10 Å². The molecule has 11 heteroatoms. The van der Waals surface area contributed by atoms with Crippen molar-refractivity contribution in [3.05, 3.63) is 103 Å². The highest BCUT2D eigenvalue weighted by Gasteiger charge is 2.56. The Balaban J connectivity index is 1.96. The molecule has 2 N–H and O–H groups in total. The predicted molar refractivity (Wildman–Crippen MR) is 170 cm³/mol. The number of carbonyl (C=O) groups is 1. The molecule has 1 heterocycles. The summed E-state index contributed by atoms with van der Waals surface area (Å²) in [5, 5.41) is 7.04. The summed E-state index contributed by atoms with van der Waals surface area (Å²) < 4.78 is 35.8. The maximum Gasteiger partial charge on any atom is 0.252 e. The van der Waals surface area contributed by atoms with Crippen molar-refractivity contribution < 1.29 is 18.3 Å². The lowest BCUT2D eigenvalue weighted by atomic mass is 9.62. The summed E-state index contributed by atoms with van der Waals surface area (Å²) in [5.41, 5.74) is 3.72. The van der Waals surface area contributed by atoms with Gasteiger partial charge in [0.1, 0.15) is 11.6 Å². The topological polar surface area (TPSA) is 67.9 Å². The average Bonchev–Trinajstić information content (AvgIpc) is 3.31. The zero-order chi connectivity index (χ0) is 31.9. The van der Waals surface area contributed by atoms with Gasteiger partial charge in [-0.1, -0.05) is 93.2 Å². The molecule has 1 amide bonds. The van der Waals surface area contributed by atoms with E-state index in [1.54, 1.807) is 30.3 Å². The van der Waals surface area contributed by atoms with E-state index in [0.717, 1.165) is 23.8 Å². The lowest BCUT2D eigenvalue weighted by molar-refractivity contribution is -0.165. The van der Waals surface area contributed by atoms with Crippen molar-refractivity contribution in [2.24, 2.45) is 21.7 Å². The number of benzene rings is 3. The smallest absolute Gasteiger partial charge is 0.252 e. The van der Waals surface area contributed by atoms with Crippen LogP contribution in [-0.2, 0) is 15.3 Å². The van der Waals surface area contributed by atoms with E-state index in [0.29, 0.717) is 27.1 Å². The largest absolute Gasteiger partial charge is 0.443 e. The molecule has 4 rings (SSSR count). The van der Waals surface area contributed by atoms with Gasteiger partial charge in [0.05, 0.1) is 31.1 Å². The predicted octanol–water partition coefficient (Wildman–Crippen LogP) is 9.55. The molecule has 230 valence electrons. The summed E-state index contributed by atoms with van der Waals surface area (Å²) >= 11 is 25.3. The van der Waals surface area contributed by atoms with Gasteiger partial charge in [0.15, 0.2) is 0 Å². The lowest BCUT2D eigenvalue weighted by Gasteiger charge is -2.45. The minimum Gasteiger partial charge on any atom is -0.443 e. The molecule has 3 aromatic rings. The standard InChI is InChI=1S/C32H33Cl4F2N3O2/c1-30(2,3)27(18-7-10-22(33)24(35)15-18)31(4,5)29(42)41-32(13-6-14-39,19-8-11-23(34)25(36)16-19)43-28(40-41)21-17-20(37)9-12-26(21)38/h7-12,15-17,27H,6,13-14,39H2,1-5H3. The molecule has 5 nitrogen and oxygen atoms in total. The summed E-state index contributed by atoms with van der Waals surface area (Å²) in [6.45, 7) is 9.95. The Bertz CT molecular complexity index is 1570. The second-order valence-corrected chi connectivity index (χ2v) is 13.9. The molecular formula is C32H33Cl4F2N3O2. The molecule has 0 bridgehead atoms. The fourth-order valence-corrected chi connectivity index (χ4v) is 6.63. The lowest BCUT2D eigenvalue weighted by Crippen LogP contribution is -2.52. The molecule has 0 saturated heterocycles. The van der Waals surface area contributed by atoms with Crippen LogP contribution in [0.5, 0.6) is 0 Å². The molecule has 1 aliphatic rings. The highest BCUT2D eigenvalue weighted by atomic mass is 35.5. The summed E-state index contributed by atoms with van der Waals surface area (Å²) in [7, 11) is 0. The molecule has 0 aromatic heterocycles. The molecule has 0 aliphatic carbocycles. The van der Waals surface area contributed by atoms with Crippen molar-refractivity contribution in [2.75, 3.05) is 6.54 Å². The van der Waals surface area contributed by atoms with E-state index >= 15 is 4.39 Å². The van der Waals surface area contributed by atoms with E-state index in [2.05, 4.69) is 5.10 Å². The van der Waals surface area contributed by atoms with Gasteiger partial charge in [-0.3, -0.25) is 4.79 Å². The van der Waals surface area contributed by atoms with Crippen molar-refractivity contribution in [1.29, 1.82) is 0 Å². The van der Waals surface area contributed by atoms with Crippen LogP contribution < -0.4 is 5.73 Å². The highest BCUT2D eigenvalue weighted by molar-refractivity contribution is 6.42. The molecular weight excluding hydrogens is 638 g/mol. The molecule has 2 unspecified atom stereocenters. The molecule has 1 aliphatic heterocycles. The third-order valence-corrected chi connectivity index (χ3v) is 9.13. The van der Waals surface area contributed by atoms with E-state index in [9.17, 15) is 9.18 Å². The second kappa shape index (κ2) is 12.5. The van der Waals surface area contributed by atoms with E-state index in [1.165, 1.54) is 5.01 Å². The van der Waals surface area contributed by atoms with E-state index in [-0.39, 0.29) is 29.4 Å². The summed E-state index contributed by atoms with van der Waals surface area (Å²) in [6, 6.07) is 13.1. The van der Waals surface area contributed by atoms with Gasteiger partial charge in [0, 0.05) is 17.9 Å². The summed E-state index contributed by atoms with van der Waals surface area (Å²) in [5.74, 6) is -2.56. The van der Waals surface area contributed by atoms with Crippen LogP contribution in [0.25, 0.3) is 0 Å². The zero-order valence-corrected chi connectivity index (χ0v) is 27.5. The molecule has 0 spiro atoms. The van der Waals surface area contributed by atoms with Crippen molar-refractivity contribution in [3.8, 4) is 0 Å². The number of halogens is 6. The molecule has 0 fully saturated rings. The third kappa shape index (κ3) is 6.52. The fraction of sp³-hybridized carbons (Fsp3) is 0.375. The number of nitrogens with zero attached hydrogens (tertiary/aromatic N) is 2. The van der Waals surface area contributed by atoms with Crippen LogP contribution in [-0.4, -0.2) is 23.4 Å². The van der Waals surface area contributed by atoms with Crippen LogP contribution in [0.15, 0.2) is 59.7 Å². The Kier molecular flexibility index (Phi) is 9.75. The SMILES string of the molecule is CC(C)(C)C(c1ccc(Cl)c(Cl)c1)C(C)(C)C(=O)N1N=C(c2cc(F)ccc2F)OC1(CCCN)c1ccc(Cl)c(Cl)c1. The van der Waals surface area contributed by atoms with Crippen LogP contribution in [0.4, 0.5) is 8.78 Å². The minimum absolute atomic E-state index is 0.167. The van der Waals surface area contributed by atoms with Crippen LogP contribution in [0.3, 0.4) is 0 Å². The van der Waals surface area contributed by atoms with Crippen molar-refractivity contribution in [3.63, 3.8) is 0 Å². The first kappa shape index (κ1) is 33.5. The zero-order valence-electron chi connectivity index (χ0n) is 24.5. The Morgan fingerprint density at radius 2 is 1.56 bits per heavy atom. The minimum atomic E-state index is -1.60. The van der Waals surface area contributed by atoms with Gasteiger partial charge in [-0.2, -0.15) is 5.01 Å². The third-order valence-electron chi connectivity index (χ3n) is 7.66. The normalized spacial score (nSPS) is 18.0. The Morgan fingerprint density at radius 3 is 2.14 bits per heavy atom. The summed E-state index contributed by atoms with van der Waals surface area (Å²) in [6.07, 6.45) is 0.564. The number of hydrogen-bond acceptors (Lipinski definition) is 4. The van der Waals surface area contributed by atoms with Crippen molar-refractivity contribution in [1.82, 2.24) is 5.01 Å². The fourth-order valence-electron chi connectivity index (χ4n) is 6.03. The first-order chi connectivity index (χ1) is 20.0. The van der Waals surface area contributed by atoms with Gasteiger partial charge in [-0.05, 0) is 66.4 Å². The van der Waals surface area contributed by atoms with Gasteiger partial charge in [0.25, 0.3) is 5.91 Å². The van der Waals surface area contributed by atoms with Crippen LogP contribution in [0.2, 0.25) is 20.1 Å². The molecule has 43 heavy (non-hydrogen) atoms. The van der Waals surface area contributed by atoms with Crippen molar-refractivity contribution in [2.45, 2.75) is 59.1 Å². The van der Waals surface area contributed by atoms with E-state index < -0.39 is 40.0 Å². The maximum atomic E-state index is 15.1. The van der Waals surface area contributed by atoms with Crippen LogP contribution >= 0.6 is 46.4 Å². The molecule has 2 atom stereocenters. The number of ether oxygens (including phenoxy) is 1. The van der Waals surface area contributed by atoms with Crippen LogP contribution in [0, 0.1) is 22.5 Å². The quantitative estimate of drug-likeness (QED) is 0.260. The van der Waals surface area contributed by atoms with E-state index in [4.69, 9.17) is 56.9 Å². The Morgan fingerprint density at radius 1 is 0.930 bits per heavy atom. The van der Waals surface area contributed by atoms with Gasteiger partial charge >= 0.3 is 0 Å².